The van der Waals surface area contributed by atoms with Crippen molar-refractivity contribution >= 4 is 11.9 Å². The van der Waals surface area contributed by atoms with E-state index in [-0.39, 0.29) is 12.2 Å². The van der Waals surface area contributed by atoms with Gasteiger partial charge in [0, 0.05) is 5.56 Å². The summed E-state index contributed by atoms with van der Waals surface area (Å²) >= 11 is 0. The van der Waals surface area contributed by atoms with Crippen molar-refractivity contribution in [1.82, 2.24) is 0 Å². The lowest BCUT2D eigenvalue weighted by Gasteiger charge is -2.42. The first-order valence-electron chi connectivity index (χ1n) is 8.48. The van der Waals surface area contributed by atoms with Crippen molar-refractivity contribution in [1.29, 1.82) is 0 Å². The van der Waals surface area contributed by atoms with Crippen LogP contribution in [0.5, 0.6) is 11.5 Å². The van der Waals surface area contributed by atoms with Gasteiger partial charge in [-0.25, -0.2) is 4.79 Å². The molecular formula is C20H28O5. The average Bonchev–Trinajstić information content (AvgIpc) is 2.60. The van der Waals surface area contributed by atoms with E-state index in [1.54, 1.807) is 40.7 Å². The summed E-state index contributed by atoms with van der Waals surface area (Å²) in [4.78, 5) is 25.0. The number of aliphatic hydroxyl groups is 1. The minimum Gasteiger partial charge on any atom is -0.422 e. The molecule has 2 bridgehead atoms. The smallest absolute Gasteiger partial charge is 0.344 e. The predicted molar refractivity (Wildman–Crippen MR) is 95.0 cm³/mol. The zero-order valence-corrected chi connectivity index (χ0v) is 16.4. The molecule has 138 valence electrons. The van der Waals surface area contributed by atoms with Crippen molar-refractivity contribution in [3.8, 4) is 11.5 Å². The summed E-state index contributed by atoms with van der Waals surface area (Å²) in [5.41, 5.74) is -0.544. The average molecular weight is 348 g/mol. The summed E-state index contributed by atoms with van der Waals surface area (Å²) in [5.74, 6) is -0.277. The Bertz CT molecular complexity index is 734. The number of ether oxygens (including phenoxy) is 2. The summed E-state index contributed by atoms with van der Waals surface area (Å²) in [6.07, 6.45) is 0.244. The van der Waals surface area contributed by atoms with Crippen LogP contribution in [-0.4, -0.2) is 22.6 Å². The molecule has 2 rings (SSSR count). The van der Waals surface area contributed by atoms with Gasteiger partial charge in [-0.15, -0.1) is 0 Å². The van der Waals surface area contributed by atoms with Crippen molar-refractivity contribution in [2.24, 2.45) is 10.8 Å². The topological polar surface area (TPSA) is 72.8 Å². The van der Waals surface area contributed by atoms with Crippen LogP contribution < -0.4 is 9.47 Å². The zero-order chi connectivity index (χ0) is 19.4. The van der Waals surface area contributed by atoms with Crippen LogP contribution in [0.15, 0.2) is 6.07 Å². The minimum absolute atomic E-state index is 0.244. The Hall–Kier alpha value is -1.88. The molecular weight excluding hydrogens is 320 g/mol. The number of carbonyl (C=O) groups excluding carboxylic acids is 2. The maximum atomic E-state index is 13.1. The number of carbonyl (C=O) groups is 2. The molecule has 5 nitrogen and oxygen atoms in total. The maximum absolute atomic E-state index is 13.1. The molecule has 0 radical (unpaired) electrons. The molecule has 0 spiro atoms. The van der Waals surface area contributed by atoms with Gasteiger partial charge < -0.3 is 14.6 Å². The van der Waals surface area contributed by atoms with Gasteiger partial charge in [0.2, 0.25) is 0 Å². The Morgan fingerprint density at radius 1 is 1.16 bits per heavy atom. The van der Waals surface area contributed by atoms with Gasteiger partial charge in [0.15, 0.2) is 11.5 Å². The standard InChI is InChI=1S/C20H28O5/c1-11-9-13-12(2)15(24-16(13)21)14(11)25-17(22)20(8,18(3,4)5)10-19(6,7)23/h9,23H,10H2,1-8H3. The van der Waals surface area contributed by atoms with Crippen molar-refractivity contribution in [2.75, 3.05) is 0 Å². The lowest BCUT2D eigenvalue weighted by atomic mass is 9.63. The minimum atomic E-state index is -1.03. The van der Waals surface area contributed by atoms with Crippen LogP contribution in [0.1, 0.15) is 69.4 Å². The molecule has 0 fully saturated rings. The van der Waals surface area contributed by atoms with E-state index < -0.39 is 28.4 Å². The van der Waals surface area contributed by atoms with Gasteiger partial charge in [-0.3, -0.25) is 4.79 Å². The Balaban J connectivity index is 2.43. The van der Waals surface area contributed by atoms with Crippen LogP contribution in [-0.2, 0) is 4.79 Å². The van der Waals surface area contributed by atoms with E-state index in [0.29, 0.717) is 22.4 Å². The van der Waals surface area contributed by atoms with Gasteiger partial charge in [-0.2, -0.15) is 0 Å². The zero-order valence-electron chi connectivity index (χ0n) is 16.4. The number of fused-ring (bicyclic) bond motifs is 2. The molecule has 0 aliphatic carbocycles. The fourth-order valence-electron chi connectivity index (χ4n) is 3.19. The second-order valence-corrected chi connectivity index (χ2v) is 8.87. The molecule has 1 heterocycles. The Morgan fingerprint density at radius 3 is 2.20 bits per heavy atom. The Labute approximate surface area is 149 Å². The van der Waals surface area contributed by atoms with E-state index >= 15 is 0 Å². The Morgan fingerprint density at radius 2 is 1.72 bits per heavy atom. The van der Waals surface area contributed by atoms with Crippen molar-refractivity contribution in [2.45, 2.75) is 67.4 Å². The van der Waals surface area contributed by atoms with Crippen LogP contribution >= 0.6 is 0 Å². The first-order valence-corrected chi connectivity index (χ1v) is 8.48. The molecule has 1 aliphatic rings. The molecule has 1 aromatic rings. The van der Waals surface area contributed by atoms with Crippen LogP contribution in [0.3, 0.4) is 0 Å². The van der Waals surface area contributed by atoms with Gasteiger partial charge in [-0.05, 0) is 58.1 Å². The molecule has 1 N–H and O–H groups in total. The first-order chi connectivity index (χ1) is 11.2. The molecule has 0 saturated heterocycles. The SMILES string of the molecule is Cc1cc2c(C)c(c1OC(=O)C(C)(CC(C)(C)O)C(C)(C)C)OC2=O. The third kappa shape index (κ3) is 3.43. The molecule has 1 aliphatic heterocycles. The van der Waals surface area contributed by atoms with E-state index in [9.17, 15) is 14.7 Å². The highest BCUT2D eigenvalue weighted by Crippen LogP contribution is 2.48. The predicted octanol–water partition coefficient (Wildman–Crippen LogP) is 3.95. The van der Waals surface area contributed by atoms with Gasteiger partial charge in [0.25, 0.3) is 0 Å². The highest BCUT2D eigenvalue weighted by molar-refractivity contribution is 5.99. The normalized spacial score (nSPS) is 16.4. The molecule has 0 aromatic heterocycles. The lowest BCUT2D eigenvalue weighted by molar-refractivity contribution is -0.157. The second-order valence-electron chi connectivity index (χ2n) is 8.87. The number of hydrogen-bond donors (Lipinski definition) is 1. The summed E-state index contributed by atoms with van der Waals surface area (Å²) in [7, 11) is 0. The van der Waals surface area contributed by atoms with Crippen molar-refractivity contribution in [3.63, 3.8) is 0 Å². The molecule has 1 aromatic carbocycles. The fraction of sp³-hybridized carbons (Fsp3) is 0.600. The molecule has 5 heteroatoms. The number of esters is 2. The van der Waals surface area contributed by atoms with Crippen LogP contribution in [0, 0.1) is 24.7 Å². The largest absolute Gasteiger partial charge is 0.422 e. The van der Waals surface area contributed by atoms with Gasteiger partial charge in [0.05, 0.1) is 16.6 Å². The Kier molecular flexibility index (Phi) is 4.54. The third-order valence-electron chi connectivity index (χ3n) is 5.17. The summed E-state index contributed by atoms with van der Waals surface area (Å²) < 4.78 is 11.0. The first kappa shape index (κ1) is 19.4. The monoisotopic (exact) mass is 348 g/mol. The number of rotatable bonds is 4. The maximum Gasteiger partial charge on any atom is 0.344 e. The number of hydrogen-bond acceptors (Lipinski definition) is 5. The van der Waals surface area contributed by atoms with E-state index in [4.69, 9.17) is 9.47 Å². The number of aryl methyl sites for hydroxylation is 1. The van der Waals surface area contributed by atoms with Crippen molar-refractivity contribution in [3.05, 3.63) is 22.8 Å². The summed E-state index contributed by atoms with van der Waals surface area (Å²) in [6.45, 7) is 14.5. The van der Waals surface area contributed by atoms with E-state index in [1.807, 2.05) is 20.8 Å². The summed E-state index contributed by atoms with van der Waals surface area (Å²) in [5, 5.41) is 10.3. The van der Waals surface area contributed by atoms with Crippen LogP contribution in [0.2, 0.25) is 0 Å². The van der Waals surface area contributed by atoms with E-state index in [2.05, 4.69) is 0 Å². The molecule has 0 saturated carbocycles. The summed E-state index contributed by atoms with van der Waals surface area (Å²) in [6, 6.07) is 1.68. The molecule has 1 unspecified atom stereocenters. The quantitative estimate of drug-likeness (QED) is 0.659. The van der Waals surface area contributed by atoms with Crippen molar-refractivity contribution < 1.29 is 24.2 Å². The molecule has 1 atom stereocenters. The fourth-order valence-corrected chi connectivity index (χ4v) is 3.19. The second kappa shape index (κ2) is 5.84. The van der Waals surface area contributed by atoms with Crippen LogP contribution in [0.4, 0.5) is 0 Å². The lowest BCUT2D eigenvalue weighted by Crippen LogP contribution is -2.47. The highest BCUT2D eigenvalue weighted by Gasteiger charge is 2.49. The van der Waals surface area contributed by atoms with Crippen LogP contribution in [0.25, 0.3) is 0 Å². The highest BCUT2D eigenvalue weighted by atomic mass is 16.6. The molecule has 0 amide bonds. The van der Waals surface area contributed by atoms with Gasteiger partial charge in [-0.1, -0.05) is 20.8 Å². The van der Waals surface area contributed by atoms with Gasteiger partial charge >= 0.3 is 11.9 Å². The number of benzene rings is 1. The van der Waals surface area contributed by atoms with Gasteiger partial charge in [0.1, 0.15) is 0 Å². The van der Waals surface area contributed by atoms with E-state index in [1.165, 1.54) is 0 Å². The third-order valence-corrected chi connectivity index (χ3v) is 5.17. The van der Waals surface area contributed by atoms with E-state index in [0.717, 1.165) is 0 Å². The molecule has 25 heavy (non-hydrogen) atoms.